The first kappa shape index (κ1) is 19.7. The summed E-state index contributed by atoms with van der Waals surface area (Å²) in [6.07, 6.45) is 5.12. The average Bonchev–Trinajstić information content (AvgIpc) is 3.45. The van der Waals surface area contributed by atoms with Crippen molar-refractivity contribution in [2.24, 2.45) is 12.5 Å². The van der Waals surface area contributed by atoms with Gasteiger partial charge in [0, 0.05) is 43.3 Å². The van der Waals surface area contributed by atoms with E-state index in [0.29, 0.717) is 40.1 Å². The topological polar surface area (TPSA) is 86.0 Å². The molecule has 1 aromatic carbocycles. The number of ether oxygens (including phenoxy) is 2. The van der Waals surface area contributed by atoms with Crippen LogP contribution in [0, 0.1) is 11.2 Å². The Balaban J connectivity index is 1.45. The predicted octanol–water partition coefficient (Wildman–Crippen LogP) is 2.78. The SMILES string of the molecule is COc1cc2c(-n3ccnc3)c(-c3n[nH]c(CN4CC5(COC5)C4)n3)n(C)c2c(F)c1Cl. The Morgan fingerprint density at radius 2 is 2.16 bits per heavy atom. The van der Waals surface area contributed by atoms with E-state index < -0.39 is 5.82 Å². The fourth-order valence-electron chi connectivity index (χ4n) is 4.83. The fraction of sp³-hybridized carbons (Fsp3) is 0.381. The number of rotatable bonds is 5. The minimum absolute atomic E-state index is 0.0632. The minimum atomic E-state index is -0.555. The number of aryl methyl sites for hydroxylation is 1. The van der Waals surface area contributed by atoms with Crippen LogP contribution in [0.3, 0.4) is 0 Å². The fourth-order valence-corrected chi connectivity index (χ4v) is 5.05. The third-order valence-corrected chi connectivity index (χ3v) is 6.68. The Labute approximate surface area is 187 Å². The van der Waals surface area contributed by atoms with Crippen LogP contribution in [0.5, 0.6) is 5.75 Å². The van der Waals surface area contributed by atoms with Gasteiger partial charge in [-0.25, -0.2) is 14.4 Å². The normalized spacial score (nSPS) is 17.6. The minimum Gasteiger partial charge on any atom is -0.495 e. The molecule has 11 heteroatoms. The number of halogens is 2. The van der Waals surface area contributed by atoms with E-state index in [-0.39, 0.29) is 10.8 Å². The molecule has 2 aliphatic rings. The van der Waals surface area contributed by atoms with Gasteiger partial charge < -0.3 is 18.6 Å². The Hall–Kier alpha value is -2.95. The van der Waals surface area contributed by atoms with Crippen molar-refractivity contribution < 1.29 is 13.9 Å². The zero-order valence-corrected chi connectivity index (χ0v) is 18.4. The number of likely N-dealkylation sites (tertiary alicyclic amines) is 1. The standard InChI is InChI=1S/C21H21ClFN7O2/c1-28-17-12(5-13(31-2)15(22)16(17)23)18(30-4-3-24-11-30)19(28)20-25-14(26-27-20)6-29-7-21(8-29)9-32-10-21/h3-5,11H,6-10H2,1-2H3,(H,25,26,27). The van der Waals surface area contributed by atoms with Crippen LogP contribution in [0.2, 0.25) is 5.02 Å². The number of imidazole rings is 1. The van der Waals surface area contributed by atoms with Gasteiger partial charge in [0.1, 0.15) is 22.3 Å². The predicted molar refractivity (Wildman–Crippen MR) is 115 cm³/mol. The number of aromatic nitrogens is 6. The number of aromatic amines is 1. The molecule has 0 saturated carbocycles. The van der Waals surface area contributed by atoms with Crippen LogP contribution < -0.4 is 4.74 Å². The van der Waals surface area contributed by atoms with E-state index in [0.717, 1.165) is 32.1 Å². The van der Waals surface area contributed by atoms with Gasteiger partial charge in [0.05, 0.1) is 44.4 Å². The van der Waals surface area contributed by atoms with Gasteiger partial charge in [0.2, 0.25) is 0 Å². The summed E-state index contributed by atoms with van der Waals surface area (Å²) in [7, 11) is 3.24. The highest BCUT2D eigenvalue weighted by molar-refractivity contribution is 6.33. The average molecular weight is 458 g/mol. The zero-order valence-electron chi connectivity index (χ0n) is 17.6. The van der Waals surface area contributed by atoms with Crippen molar-refractivity contribution >= 4 is 22.5 Å². The van der Waals surface area contributed by atoms with Crippen molar-refractivity contribution in [3.8, 4) is 23.0 Å². The van der Waals surface area contributed by atoms with Gasteiger partial charge in [-0.15, -0.1) is 0 Å². The summed E-state index contributed by atoms with van der Waals surface area (Å²) in [4.78, 5) is 11.2. The summed E-state index contributed by atoms with van der Waals surface area (Å²) < 4.78 is 29.5. The molecule has 0 atom stereocenters. The number of methoxy groups -OCH3 is 1. The molecular formula is C21H21ClFN7O2. The molecule has 2 aliphatic heterocycles. The lowest BCUT2D eigenvalue weighted by molar-refractivity contribution is -0.191. The zero-order chi connectivity index (χ0) is 22.0. The summed E-state index contributed by atoms with van der Waals surface area (Å²) in [5.41, 5.74) is 2.03. The smallest absolute Gasteiger partial charge is 0.200 e. The summed E-state index contributed by atoms with van der Waals surface area (Å²) in [5.74, 6) is 0.935. The van der Waals surface area contributed by atoms with Gasteiger partial charge in [-0.05, 0) is 6.07 Å². The van der Waals surface area contributed by atoms with Gasteiger partial charge in [-0.1, -0.05) is 11.6 Å². The molecular weight excluding hydrogens is 437 g/mol. The molecule has 2 saturated heterocycles. The Kier molecular flexibility index (Phi) is 4.33. The van der Waals surface area contributed by atoms with Crippen molar-refractivity contribution in [1.29, 1.82) is 0 Å². The van der Waals surface area contributed by atoms with E-state index in [2.05, 4.69) is 20.1 Å². The van der Waals surface area contributed by atoms with Crippen LogP contribution in [0.4, 0.5) is 4.39 Å². The molecule has 32 heavy (non-hydrogen) atoms. The largest absolute Gasteiger partial charge is 0.495 e. The molecule has 0 aliphatic carbocycles. The van der Waals surface area contributed by atoms with Gasteiger partial charge in [-0.3, -0.25) is 10.00 Å². The summed E-state index contributed by atoms with van der Waals surface area (Å²) in [6, 6.07) is 1.73. The Bertz CT molecular complexity index is 1320. The van der Waals surface area contributed by atoms with Gasteiger partial charge >= 0.3 is 0 Å². The quantitative estimate of drug-likeness (QED) is 0.496. The third kappa shape index (κ3) is 2.79. The van der Waals surface area contributed by atoms with E-state index in [9.17, 15) is 0 Å². The first-order valence-corrected chi connectivity index (χ1v) is 10.6. The van der Waals surface area contributed by atoms with Gasteiger partial charge in [0.15, 0.2) is 11.6 Å². The van der Waals surface area contributed by atoms with E-state index in [1.165, 1.54) is 7.11 Å². The lowest BCUT2D eigenvalue weighted by Gasteiger charge is -2.54. The van der Waals surface area contributed by atoms with Crippen LogP contribution >= 0.6 is 11.6 Å². The molecule has 166 valence electrons. The monoisotopic (exact) mass is 457 g/mol. The maximum Gasteiger partial charge on any atom is 0.200 e. The number of H-pyrrole nitrogens is 1. The first-order chi connectivity index (χ1) is 15.5. The second kappa shape index (κ2) is 7.03. The van der Waals surface area contributed by atoms with Crippen molar-refractivity contribution in [2.45, 2.75) is 6.54 Å². The first-order valence-electron chi connectivity index (χ1n) is 10.2. The number of fused-ring (bicyclic) bond motifs is 1. The summed E-state index contributed by atoms with van der Waals surface area (Å²) >= 11 is 6.22. The molecule has 3 aromatic heterocycles. The molecule has 1 spiro atoms. The number of nitrogens with zero attached hydrogens (tertiary/aromatic N) is 6. The maximum atomic E-state index is 15.3. The molecule has 4 aromatic rings. The van der Waals surface area contributed by atoms with Crippen LogP contribution in [0.15, 0.2) is 24.8 Å². The van der Waals surface area contributed by atoms with E-state index in [1.807, 2.05) is 4.57 Å². The molecule has 1 N–H and O–H groups in total. The van der Waals surface area contributed by atoms with E-state index in [4.69, 9.17) is 26.1 Å². The van der Waals surface area contributed by atoms with Gasteiger partial charge in [-0.2, -0.15) is 5.10 Å². The van der Waals surface area contributed by atoms with Crippen LogP contribution in [0.1, 0.15) is 5.82 Å². The number of hydrogen-bond acceptors (Lipinski definition) is 6. The molecule has 2 fully saturated rings. The Morgan fingerprint density at radius 3 is 2.81 bits per heavy atom. The van der Waals surface area contributed by atoms with Crippen molar-refractivity contribution in [1.82, 2.24) is 34.2 Å². The molecule has 0 amide bonds. The second-order valence-electron chi connectivity index (χ2n) is 8.57. The molecule has 6 rings (SSSR count). The summed E-state index contributed by atoms with van der Waals surface area (Å²) in [6.45, 7) is 4.36. The number of hydrogen-bond donors (Lipinski definition) is 1. The van der Waals surface area contributed by atoms with Crippen LogP contribution in [-0.2, 0) is 18.3 Å². The van der Waals surface area contributed by atoms with Crippen molar-refractivity contribution in [3.63, 3.8) is 0 Å². The highest BCUT2D eigenvalue weighted by Crippen LogP contribution is 2.42. The van der Waals surface area contributed by atoms with Gasteiger partial charge in [0.25, 0.3) is 0 Å². The van der Waals surface area contributed by atoms with Crippen molar-refractivity contribution in [2.75, 3.05) is 33.4 Å². The van der Waals surface area contributed by atoms with E-state index >= 15 is 4.39 Å². The highest BCUT2D eigenvalue weighted by Gasteiger charge is 2.48. The highest BCUT2D eigenvalue weighted by atomic mass is 35.5. The molecule has 0 bridgehead atoms. The molecule has 5 heterocycles. The summed E-state index contributed by atoms with van der Waals surface area (Å²) in [5, 5.41) is 8.07. The third-order valence-electron chi connectivity index (χ3n) is 6.33. The molecule has 0 radical (unpaired) electrons. The number of nitrogens with one attached hydrogen (secondary N) is 1. The van der Waals surface area contributed by atoms with Crippen molar-refractivity contribution in [3.05, 3.63) is 41.5 Å². The second-order valence-corrected chi connectivity index (χ2v) is 8.95. The lowest BCUT2D eigenvalue weighted by Crippen LogP contribution is -2.65. The Morgan fingerprint density at radius 1 is 1.34 bits per heavy atom. The van der Waals surface area contributed by atoms with Crippen LogP contribution in [0.25, 0.3) is 28.1 Å². The lowest BCUT2D eigenvalue weighted by atomic mass is 9.78. The van der Waals surface area contributed by atoms with Crippen LogP contribution in [-0.4, -0.2) is 67.6 Å². The molecule has 0 unspecified atom stereocenters. The molecule has 9 nitrogen and oxygen atoms in total. The maximum absolute atomic E-state index is 15.3. The number of benzene rings is 1. The van der Waals surface area contributed by atoms with E-state index in [1.54, 1.807) is 36.4 Å².